The molecule has 0 aliphatic heterocycles. The van der Waals surface area contributed by atoms with Gasteiger partial charge in [0.1, 0.15) is 0 Å². The van der Waals surface area contributed by atoms with Crippen LogP contribution in [-0.4, -0.2) is 26.5 Å². The Morgan fingerprint density at radius 3 is 2.71 bits per heavy atom. The third kappa shape index (κ3) is 3.17. The number of hydrogen-bond acceptors (Lipinski definition) is 4. The van der Waals surface area contributed by atoms with E-state index in [4.69, 9.17) is 0 Å². The number of rotatable bonds is 4. The van der Waals surface area contributed by atoms with Crippen molar-refractivity contribution in [2.75, 3.05) is 0 Å². The molecule has 0 fully saturated rings. The van der Waals surface area contributed by atoms with Crippen LogP contribution >= 0.6 is 0 Å². The summed E-state index contributed by atoms with van der Waals surface area (Å²) in [5.74, 6) is 0.240. The molecule has 3 rings (SSSR count). The van der Waals surface area contributed by atoms with Gasteiger partial charge in [0.15, 0.2) is 0 Å². The van der Waals surface area contributed by atoms with Crippen LogP contribution in [0, 0.1) is 13.8 Å². The number of carbonyl (C=O) groups excluding carboxylic acids is 1. The zero-order valence-electron chi connectivity index (χ0n) is 13.9. The summed E-state index contributed by atoms with van der Waals surface area (Å²) in [5.41, 5.74) is 4.61. The van der Waals surface area contributed by atoms with Crippen molar-refractivity contribution >= 4 is 5.91 Å². The molecule has 1 atom stereocenters. The van der Waals surface area contributed by atoms with E-state index in [0.717, 1.165) is 11.1 Å². The number of carbonyl (C=O) groups is 1. The molecule has 0 bridgehead atoms. The number of aryl methyl sites for hydroxylation is 2. The van der Waals surface area contributed by atoms with Gasteiger partial charge >= 0.3 is 0 Å². The largest absolute Gasteiger partial charge is 0.345 e. The number of amides is 1. The highest BCUT2D eigenvalue weighted by molar-refractivity contribution is 6.00. The second kappa shape index (κ2) is 6.62. The highest BCUT2D eigenvalue weighted by Crippen LogP contribution is 2.22. The Morgan fingerprint density at radius 2 is 1.96 bits per heavy atom. The third-order valence-corrected chi connectivity index (χ3v) is 4.01. The summed E-state index contributed by atoms with van der Waals surface area (Å²) in [6.07, 6.45) is 0. The lowest BCUT2D eigenvalue weighted by Crippen LogP contribution is -2.27. The zero-order valence-corrected chi connectivity index (χ0v) is 13.9. The smallest absolute Gasteiger partial charge is 0.252 e. The van der Waals surface area contributed by atoms with Crippen LogP contribution in [0.3, 0.4) is 0 Å². The maximum absolute atomic E-state index is 12.7. The van der Waals surface area contributed by atoms with Crippen molar-refractivity contribution in [1.82, 2.24) is 25.9 Å². The van der Waals surface area contributed by atoms with Crippen LogP contribution in [0.4, 0.5) is 0 Å². The molecule has 2 aromatic carbocycles. The van der Waals surface area contributed by atoms with Gasteiger partial charge in [-0.3, -0.25) is 4.79 Å². The molecule has 24 heavy (non-hydrogen) atoms. The van der Waals surface area contributed by atoms with E-state index in [1.807, 2.05) is 39.0 Å². The van der Waals surface area contributed by atoms with Crippen LogP contribution in [0.1, 0.15) is 40.0 Å². The van der Waals surface area contributed by atoms with Crippen LogP contribution in [0.25, 0.3) is 11.4 Å². The number of nitrogens with one attached hydrogen (secondary N) is 2. The predicted octanol–water partition coefficient (Wildman–Crippen LogP) is 2.97. The first kappa shape index (κ1) is 15.9. The fraction of sp³-hybridized carbons (Fsp3) is 0.222. The molecule has 6 nitrogen and oxygen atoms in total. The lowest BCUT2D eigenvalue weighted by atomic mass is 9.99. The maximum Gasteiger partial charge on any atom is 0.252 e. The molecule has 0 aliphatic carbocycles. The lowest BCUT2D eigenvalue weighted by Gasteiger charge is -2.18. The molecule has 0 saturated carbocycles. The Hall–Kier alpha value is -3.02. The first-order valence-electron chi connectivity index (χ1n) is 7.77. The molecule has 0 spiro atoms. The second-order valence-electron chi connectivity index (χ2n) is 5.84. The molecule has 0 saturated heterocycles. The normalized spacial score (nSPS) is 12.0. The predicted molar refractivity (Wildman–Crippen MR) is 91.4 cm³/mol. The van der Waals surface area contributed by atoms with Crippen molar-refractivity contribution in [3.05, 3.63) is 64.7 Å². The summed E-state index contributed by atoms with van der Waals surface area (Å²) in [5, 5.41) is 17.0. The van der Waals surface area contributed by atoms with Crippen LogP contribution < -0.4 is 5.32 Å². The molecular formula is C18H19N5O. The molecule has 1 amide bonds. The van der Waals surface area contributed by atoms with Gasteiger partial charge in [-0.15, -0.1) is 10.2 Å². The Morgan fingerprint density at radius 1 is 1.17 bits per heavy atom. The van der Waals surface area contributed by atoms with E-state index in [1.54, 1.807) is 6.07 Å². The van der Waals surface area contributed by atoms with Crippen molar-refractivity contribution in [1.29, 1.82) is 0 Å². The van der Waals surface area contributed by atoms with Crippen molar-refractivity contribution in [3.8, 4) is 11.4 Å². The molecule has 122 valence electrons. The van der Waals surface area contributed by atoms with Crippen molar-refractivity contribution < 1.29 is 4.79 Å². The SMILES string of the molecule is Cc1ccc(C)c([C@@H](C)NC(=O)c2ccccc2-c2nn[nH]n2)c1. The van der Waals surface area contributed by atoms with Crippen molar-refractivity contribution in [3.63, 3.8) is 0 Å². The Kier molecular flexibility index (Phi) is 4.37. The fourth-order valence-electron chi connectivity index (χ4n) is 2.73. The minimum Gasteiger partial charge on any atom is -0.345 e. The second-order valence-corrected chi connectivity index (χ2v) is 5.84. The summed E-state index contributed by atoms with van der Waals surface area (Å²) in [7, 11) is 0. The van der Waals surface area contributed by atoms with E-state index in [0.29, 0.717) is 17.0 Å². The molecule has 1 aromatic heterocycles. The van der Waals surface area contributed by atoms with E-state index >= 15 is 0 Å². The van der Waals surface area contributed by atoms with Crippen molar-refractivity contribution in [2.45, 2.75) is 26.8 Å². The Labute approximate surface area is 140 Å². The van der Waals surface area contributed by atoms with Gasteiger partial charge in [-0.05, 0) is 43.2 Å². The molecule has 6 heteroatoms. The minimum absolute atomic E-state index is 0.101. The Bertz CT molecular complexity index is 858. The van der Waals surface area contributed by atoms with E-state index < -0.39 is 0 Å². The minimum atomic E-state index is -0.163. The van der Waals surface area contributed by atoms with Gasteiger partial charge in [-0.2, -0.15) is 5.21 Å². The van der Waals surface area contributed by atoms with Crippen molar-refractivity contribution in [2.24, 2.45) is 0 Å². The maximum atomic E-state index is 12.7. The summed E-state index contributed by atoms with van der Waals surface area (Å²) < 4.78 is 0. The zero-order chi connectivity index (χ0) is 17.1. The summed E-state index contributed by atoms with van der Waals surface area (Å²) in [6, 6.07) is 13.4. The van der Waals surface area contributed by atoms with Gasteiger partial charge < -0.3 is 5.32 Å². The number of tetrazole rings is 1. The number of aromatic amines is 1. The monoisotopic (exact) mass is 321 g/mol. The van der Waals surface area contributed by atoms with Gasteiger partial charge in [-0.25, -0.2) is 0 Å². The number of H-pyrrole nitrogens is 1. The highest BCUT2D eigenvalue weighted by atomic mass is 16.1. The molecule has 1 heterocycles. The first-order valence-corrected chi connectivity index (χ1v) is 7.77. The van der Waals surface area contributed by atoms with Crippen LogP contribution in [0.15, 0.2) is 42.5 Å². The standard InChI is InChI=1S/C18H19N5O/c1-11-8-9-12(2)16(10-11)13(3)19-18(24)15-7-5-4-6-14(15)17-20-22-23-21-17/h4-10,13H,1-3H3,(H,19,24)(H,20,21,22,23)/t13-/m1/s1. The number of aromatic nitrogens is 4. The van der Waals surface area contributed by atoms with Crippen LogP contribution in [-0.2, 0) is 0 Å². The lowest BCUT2D eigenvalue weighted by molar-refractivity contribution is 0.0940. The number of nitrogens with zero attached hydrogens (tertiary/aromatic N) is 3. The fourth-order valence-corrected chi connectivity index (χ4v) is 2.73. The third-order valence-electron chi connectivity index (χ3n) is 4.01. The van der Waals surface area contributed by atoms with Gasteiger partial charge in [0.25, 0.3) is 5.91 Å². The summed E-state index contributed by atoms with van der Waals surface area (Å²) in [6.45, 7) is 6.07. The summed E-state index contributed by atoms with van der Waals surface area (Å²) in [4.78, 5) is 12.7. The van der Waals surface area contributed by atoms with Gasteiger partial charge in [0.05, 0.1) is 11.6 Å². The van der Waals surface area contributed by atoms with E-state index in [1.165, 1.54) is 5.56 Å². The average Bonchev–Trinajstić information content (AvgIpc) is 3.11. The highest BCUT2D eigenvalue weighted by Gasteiger charge is 2.18. The van der Waals surface area contributed by atoms with Gasteiger partial charge in [0, 0.05) is 5.56 Å². The Balaban J connectivity index is 1.87. The summed E-state index contributed by atoms with van der Waals surface area (Å²) >= 11 is 0. The molecule has 0 radical (unpaired) electrons. The van der Waals surface area contributed by atoms with E-state index in [-0.39, 0.29) is 11.9 Å². The topological polar surface area (TPSA) is 83.6 Å². The van der Waals surface area contributed by atoms with Gasteiger partial charge in [0.2, 0.25) is 5.82 Å². The molecule has 0 aliphatic rings. The number of benzene rings is 2. The van der Waals surface area contributed by atoms with Crippen LogP contribution in [0.5, 0.6) is 0 Å². The van der Waals surface area contributed by atoms with E-state index in [2.05, 4.69) is 44.1 Å². The average molecular weight is 321 g/mol. The van der Waals surface area contributed by atoms with E-state index in [9.17, 15) is 4.79 Å². The molecule has 3 aromatic rings. The van der Waals surface area contributed by atoms with Crippen LogP contribution in [0.2, 0.25) is 0 Å². The molecule has 2 N–H and O–H groups in total. The molecule has 0 unspecified atom stereocenters. The van der Waals surface area contributed by atoms with Gasteiger partial charge in [-0.1, -0.05) is 42.0 Å². The molecular weight excluding hydrogens is 302 g/mol. The first-order chi connectivity index (χ1) is 11.6. The number of hydrogen-bond donors (Lipinski definition) is 2. The quantitative estimate of drug-likeness (QED) is 0.774.